The number of fused-ring (bicyclic) bond motifs is 1. The SMILES string of the molecule is Cn1nccc1NC1N=C(c2ccn3c(CC(CF)CF)nnc3c2)C=CN1. The minimum Gasteiger partial charge on any atom is -0.353 e. The number of halogens is 2. The van der Waals surface area contributed by atoms with E-state index in [1.807, 2.05) is 37.5 Å². The first-order chi connectivity index (χ1) is 13.7. The van der Waals surface area contributed by atoms with Gasteiger partial charge in [-0.3, -0.25) is 17.9 Å². The van der Waals surface area contributed by atoms with Gasteiger partial charge in [0.1, 0.15) is 11.6 Å². The fraction of sp³-hybridized carbons (Fsp3) is 0.333. The summed E-state index contributed by atoms with van der Waals surface area (Å²) in [4.78, 5) is 4.67. The van der Waals surface area contributed by atoms with Crippen molar-refractivity contribution in [3.05, 3.63) is 54.3 Å². The fourth-order valence-corrected chi connectivity index (χ4v) is 2.99. The van der Waals surface area contributed by atoms with Crippen LogP contribution in [0.2, 0.25) is 0 Å². The predicted molar refractivity (Wildman–Crippen MR) is 102 cm³/mol. The Morgan fingerprint density at radius 3 is 2.86 bits per heavy atom. The Kier molecular flexibility index (Phi) is 5.00. The average Bonchev–Trinajstić information content (AvgIpc) is 3.32. The fourth-order valence-electron chi connectivity index (χ4n) is 2.99. The summed E-state index contributed by atoms with van der Waals surface area (Å²) in [6.45, 7) is -1.44. The summed E-state index contributed by atoms with van der Waals surface area (Å²) in [5.74, 6) is 0.687. The van der Waals surface area contributed by atoms with Crippen LogP contribution in [-0.2, 0) is 13.5 Å². The lowest BCUT2D eigenvalue weighted by atomic mass is 10.1. The number of pyridine rings is 1. The molecular formula is C18H20F2N8. The number of hydrogen-bond acceptors (Lipinski definition) is 6. The number of rotatable bonds is 7. The third-order valence-corrected chi connectivity index (χ3v) is 4.55. The summed E-state index contributed by atoms with van der Waals surface area (Å²) < 4.78 is 29.1. The molecule has 146 valence electrons. The number of aromatic nitrogens is 5. The summed E-state index contributed by atoms with van der Waals surface area (Å²) in [6, 6.07) is 5.60. The molecule has 3 aromatic heterocycles. The van der Waals surface area contributed by atoms with Crippen LogP contribution in [0.15, 0.2) is 47.9 Å². The molecule has 0 saturated carbocycles. The van der Waals surface area contributed by atoms with E-state index >= 15 is 0 Å². The van der Waals surface area contributed by atoms with Gasteiger partial charge < -0.3 is 10.6 Å². The van der Waals surface area contributed by atoms with Gasteiger partial charge in [-0.1, -0.05) is 0 Å². The Labute approximate surface area is 160 Å². The van der Waals surface area contributed by atoms with Crippen LogP contribution in [-0.4, -0.2) is 49.7 Å². The summed E-state index contributed by atoms with van der Waals surface area (Å²) in [6.07, 6.45) is 7.06. The Morgan fingerprint density at radius 2 is 2.11 bits per heavy atom. The highest BCUT2D eigenvalue weighted by atomic mass is 19.1. The van der Waals surface area contributed by atoms with E-state index in [4.69, 9.17) is 0 Å². The highest BCUT2D eigenvalue weighted by Gasteiger charge is 2.16. The quantitative estimate of drug-likeness (QED) is 0.648. The highest BCUT2D eigenvalue weighted by Crippen LogP contribution is 2.15. The first-order valence-electron chi connectivity index (χ1n) is 8.89. The van der Waals surface area contributed by atoms with Gasteiger partial charge in [0.05, 0.1) is 25.3 Å². The van der Waals surface area contributed by atoms with Crippen LogP contribution in [0.25, 0.3) is 5.65 Å². The smallest absolute Gasteiger partial charge is 0.195 e. The number of nitrogens with zero attached hydrogens (tertiary/aromatic N) is 6. The van der Waals surface area contributed by atoms with Crippen LogP contribution in [0.4, 0.5) is 14.6 Å². The van der Waals surface area contributed by atoms with Crippen LogP contribution < -0.4 is 10.6 Å². The molecule has 8 nitrogen and oxygen atoms in total. The number of hydrogen-bond donors (Lipinski definition) is 2. The first-order valence-corrected chi connectivity index (χ1v) is 8.89. The van der Waals surface area contributed by atoms with E-state index in [9.17, 15) is 8.78 Å². The molecule has 4 rings (SSSR count). The van der Waals surface area contributed by atoms with Crippen molar-refractivity contribution in [3.63, 3.8) is 0 Å². The van der Waals surface area contributed by atoms with Gasteiger partial charge in [-0.05, 0) is 18.2 Å². The van der Waals surface area contributed by atoms with Gasteiger partial charge in [0.15, 0.2) is 11.9 Å². The standard InChI is InChI=1S/C18H20F2N8/c1-27-15(3-6-22-27)24-18-21-5-2-14(23-18)13-4-7-28-16(8-12(10-19)11-20)25-26-17(28)9-13/h2-7,9,12,18,21,24H,8,10-11H2,1H3. The van der Waals surface area contributed by atoms with Crippen molar-refractivity contribution in [3.8, 4) is 0 Å². The lowest BCUT2D eigenvalue weighted by Gasteiger charge is -2.20. The Morgan fingerprint density at radius 1 is 1.25 bits per heavy atom. The number of aliphatic imine (C=N–C) groups is 1. The second kappa shape index (κ2) is 7.75. The molecule has 4 heterocycles. The molecule has 3 aromatic rings. The average molecular weight is 386 g/mol. The van der Waals surface area contributed by atoms with Gasteiger partial charge in [-0.2, -0.15) is 5.10 Å². The summed E-state index contributed by atoms with van der Waals surface area (Å²) in [5, 5.41) is 18.7. The molecule has 0 fully saturated rings. The van der Waals surface area contributed by atoms with Crippen molar-refractivity contribution in [2.24, 2.45) is 18.0 Å². The Hall–Kier alpha value is -3.30. The van der Waals surface area contributed by atoms with Gasteiger partial charge in [0, 0.05) is 43.4 Å². The van der Waals surface area contributed by atoms with Crippen LogP contribution >= 0.6 is 0 Å². The summed E-state index contributed by atoms with van der Waals surface area (Å²) in [7, 11) is 1.85. The minimum atomic E-state index is -0.719. The van der Waals surface area contributed by atoms with Crippen LogP contribution in [0.3, 0.4) is 0 Å². The number of alkyl halides is 2. The maximum absolute atomic E-state index is 12.8. The molecule has 28 heavy (non-hydrogen) atoms. The van der Waals surface area contributed by atoms with Gasteiger partial charge in [-0.15, -0.1) is 10.2 Å². The van der Waals surface area contributed by atoms with E-state index in [1.54, 1.807) is 21.5 Å². The molecule has 0 aliphatic carbocycles. The van der Waals surface area contributed by atoms with Crippen molar-refractivity contribution in [2.75, 3.05) is 18.7 Å². The van der Waals surface area contributed by atoms with E-state index < -0.39 is 19.3 Å². The van der Waals surface area contributed by atoms with Gasteiger partial charge in [0.2, 0.25) is 0 Å². The molecule has 0 aromatic carbocycles. The van der Waals surface area contributed by atoms with Crippen LogP contribution in [0.5, 0.6) is 0 Å². The van der Waals surface area contributed by atoms with E-state index in [2.05, 4.69) is 30.9 Å². The number of nitrogens with one attached hydrogen (secondary N) is 2. The van der Waals surface area contributed by atoms with Crippen molar-refractivity contribution in [1.29, 1.82) is 0 Å². The van der Waals surface area contributed by atoms with Gasteiger partial charge >= 0.3 is 0 Å². The minimum absolute atomic E-state index is 0.203. The topological polar surface area (TPSA) is 84.4 Å². The monoisotopic (exact) mass is 386 g/mol. The zero-order valence-electron chi connectivity index (χ0n) is 15.3. The Bertz CT molecular complexity index is 1020. The molecule has 0 saturated heterocycles. The molecule has 0 amide bonds. The maximum Gasteiger partial charge on any atom is 0.195 e. The normalized spacial score (nSPS) is 16.4. The molecular weight excluding hydrogens is 366 g/mol. The Balaban J connectivity index is 1.56. The van der Waals surface area contributed by atoms with Gasteiger partial charge in [0.25, 0.3) is 0 Å². The summed E-state index contributed by atoms with van der Waals surface area (Å²) in [5.41, 5.74) is 2.25. The van der Waals surface area contributed by atoms with Crippen LogP contribution in [0, 0.1) is 5.92 Å². The molecule has 1 aliphatic rings. The van der Waals surface area contributed by atoms with E-state index in [-0.39, 0.29) is 12.7 Å². The van der Waals surface area contributed by atoms with Crippen molar-refractivity contribution in [1.82, 2.24) is 29.7 Å². The largest absolute Gasteiger partial charge is 0.353 e. The molecule has 10 heteroatoms. The van der Waals surface area contributed by atoms with Crippen molar-refractivity contribution in [2.45, 2.75) is 12.7 Å². The first kappa shape index (κ1) is 18.1. The lowest BCUT2D eigenvalue weighted by molar-refractivity contribution is 0.284. The predicted octanol–water partition coefficient (Wildman–Crippen LogP) is 1.86. The molecule has 0 bridgehead atoms. The second-order valence-electron chi connectivity index (χ2n) is 6.54. The molecule has 1 aliphatic heterocycles. The second-order valence-corrected chi connectivity index (χ2v) is 6.54. The molecule has 0 radical (unpaired) electrons. The number of aryl methyl sites for hydroxylation is 1. The molecule has 2 N–H and O–H groups in total. The number of allylic oxidation sites excluding steroid dienone is 1. The maximum atomic E-state index is 12.8. The number of anilines is 1. The zero-order chi connectivity index (χ0) is 19.5. The zero-order valence-corrected chi connectivity index (χ0v) is 15.3. The highest BCUT2D eigenvalue weighted by molar-refractivity contribution is 6.09. The third kappa shape index (κ3) is 3.57. The van der Waals surface area contributed by atoms with Crippen LogP contribution in [0.1, 0.15) is 11.4 Å². The third-order valence-electron chi connectivity index (χ3n) is 4.55. The summed E-state index contributed by atoms with van der Waals surface area (Å²) >= 11 is 0. The lowest BCUT2D eigenvalue weighted by Crippen LogP contribution is -2.35. The van der Waals surface area contributed by atoms with E-state index in [1.165, 1.54) is 0 Å². The molecule has 1 unspecified atom stereocenters. The molecule has 0 spiro atoms. The van der Waals surface area contributed by atoms with Crippen molar-refractivity contribution >= 4 is 17.2 Å². The van der Waals surface area contributed by atoms with E-state index in [0.717, 1.165) is 17.1 Å². The van der Waals surface area contributed by atoms with Crippen molar-refractivity contribution < 1.29 is 8.78 Å². The van der Waals surface area contributed by atoms with E-state index in [0.29, 0.717) is 11.5 Å². The van der Waals surface area contributed by atoms with Gasteiger partial charge in [-0.25, -0.2) is 4.99 Å². The molecule has 1 atom stereocenters.